The van der Waals surface area contributed by atoms with Gasteiger partial charge in [0.15, 0.2) is 0 Å². The molecule has 1 amide bonds. The number of hydrogen-bond acceptors (Lipinski definition) is 2. The highest BCUT2D eigenvalue weighted by Crippen LogP contribution is 2.27. The number of nitrogens with one attached hydrogen (secondary N) is 2. The Morgan fingerprint density at radius 3 is 2.86 bits per heavy atom. The van der Waals surface area contributed by atoms with E-state index in [1.165, 1.54) is 32.1 Å². The van der Waals surface area contributed by atoms with Crippen molar-refractivity contribution in [1.29, 1.82) is 0 Å². The second-order valence-electron chi connectivity index (χ2n) is 4.54. The Morgan fingerprint density at radius 2 is 2.07 bits per heavy atom. The fourth-order valence-corrected chi connectivity index (χ4v) is 1.94. The monoisotopic (exact) mass is 196 g/mol. The molecule has 2 rings (SSSR count). The van der Waals surface area contributed by atoms with Crippen molar-refractivity contribution in [1.82, 2.24) is 10.6 Å². The van der Waals surface area contributed by atoms with E-state index >= 15 is 0 Å². The molecule has 3 nitrogen and oxygen atoms in total. The lowest BCUT2D eigenvalue weighted by molar-refractivity contribution is -0.123. The smallest absolute Gasteiger partial charge is 0.237 e. The quantitative estimate of drug-likeness (QED) is 0.708. The number of carbonyl (C=O) groups is 1. The first-order valence-corrected chi connectivity index (χ1v) is 5.87. The molecule has 0 radical (unpaired) electrons. The highest BCUT2D eigenvalue weighted by atomic mass is 16.2. The van der Waals surface area contributed by atoms with Gasteiger partial charge in [-0.3, -0.25) is 4.79 Å². The van der Waals surface area contributed by atoms with Crippen molar-refractivity contribution in [3.63, 3.8) is 0 Å². The Hall–Kier alpha value is -0.570. The molecule has 1 atom stereocenters. The van der Waals surface area contributed by atoms with Gasteiger partial charge in [0.1, 0.15) is 0 Å². The molecular formula is C11H20N2O. The minimum Gasteiger partial charge on any atom is -0.354 e. The van der Waals surface area contributed by atoms with Crippen molar-refractivity contribution in [2.24, 2.45) is 5.92 Å². The SMILES string of the molecule is O=C(NCC1CC1)C1CCCCCN1. The summed E-state index contributed by atoms with van der Waals surface area (Å²) in [4.78, 5) is 11.7. The van der Waals surface area contributed by atoms with Crippen LogP contribution in [0.25, 0.3) is 0 Å². The van der Waals surface area contributed by atoms with E-state index in [0.29, 0.717) is 0 Å². The molecule has 2 N–H and O–H groups in total. The van der Waals surface area contributed by atoms with Gasteiger partial charge in [-0.05, 0) is 38.1 Å². The van der Waals surface area contributed by atoms with Gasteiger partial charge < -0.3 is 10.6 Å². The van der Waals surface area contributed by atoms with Crippen LogP contribution >= 0.6 is 0 Å². The van der Waals surface area contributed by atoms with Crippen LogP contribution in [0.15, 0.2) is 0 Å². The number of carbonyl (C=O) groups excluding carboxylic acids is 1. The highest BCUT2D eigenvalue weighted by molar-refractivity contribution is 5.81. The Labute approximate surface area is 85.6 Å². The Kier molecular flexibility index (Phi) is 3.40. The summed E-state index contributed by atoms with van der Waals surface area (Å²) < 4.78 is 0. The van der Waals surface area contributed by atoms with Gasteiger partial charge in [-0.1, -0.05) is 12.8 Å². The van der Waals surface area contributed by atoms with Crippen LogP contribution < -0.4 is 10.6 Å². The van der Waals surface area contributed by atoms with E-state index in [-0.39, 0.29) is 11.9 Å². The standard InChI is InChI=1S/C11H20N2O/c14-11(13-8-9-5-6-9)10-4-2-1-3-7-12-10/h9-10,12H,1-8H2,(H,13,14). The molecule has 1 saturated carbocycles. The van der Waals surface area contributed by atoms with E-state index in [2.05, 4.69) is 10.6 Å². The summed E-state index contributed by atoms with van der Waals surface area (Å²) in [6.07, 6.45) is 7.29. The molecule has 1 saturated heterocycles. The Bertz CT molecular complexity index is 193. The second kappa shape index (κ2) is 4.78. The zero-order chi connectivity index (χ0) is 9.80. The van der Waals surface area contributed by atoms with Crippen molar-refractivity contribution in [2.75, 3.05) is 13.1 Å². The van der Waals surface area contributed by atoms with Gasteiger partial charge in [0.2, 0.25) is 5.91 Å². The van der Waals surface area contributed by atoms with Gasteiger partial charge in [-0.15, -0.1) is 0 Å². The summed E-state index contributed by atoms with van der Waals surface area (Å²) in [5, 5.41) is 6.35. The summed E-state index contributed by atoms with van der Waals surface area (Å²) in [5.74, 6) is 1.00. The molecule has 2 fully saturated rings. The van der Waals surface area contributed by atoms with Gasteiger partial charge in [-0.2, -0.15) is 0 Å². The third-order valence-corrected chi connectivity index (χ3v) is 3.14. The minimum atomic E-state index is 0.0799. The third kappa shape index (κ3) is 2.98. The molecule has 1 aliphatic carbocycles. The van der Waals surface area contributed by atoms with E-state index in [9.17, 15) is 4.79 Å². The number of amides is 1. The molecule has 14 heavy (non-hydrogen) atoms. The fraction of sp³-hybridized carbons (Fsp3) is 0.909. The molecule has 0 aromatic heterocycles. The Morgan fingerprint density at radius 1 is 1.21 bits per heavy atom. The maximum atomic E-state index is 11.7. The molecule has 1 heterocycles. The van der Waals surface area contributed by atoms with Crippen LogP contribution in [0.1, 0.15) is 38.5 Å². The van der Waals surface area contributed by atoms with Gasteiger partial charge in [-0.25, -0.2) is 0 Å². The van der Waals surface area contributed by atoms with Gasteiger partial charge in [0.25, 0.3) is 0 Å². The topological polar surface area (TPSA) is 41.1 Å². The average Bonchev–Trinajstić information content (AvgIpc) is 3.01. The largest absolute Gasteiger partial charge is 0.354 e. The Balaban J connectivity index is 1.70. The zero-order valence-corrected chi connectivity index (χ0v) is 8.72. The van der Waals surface area contributed by atoms with E-state index in [1.54, 1.807) is 0 Å². The lowest BCUT2D eigenvalue weighted by atomic mass is 10.1. The van der Waals surface area contributed by atoms with Crippen LogP contribution in [0.4, 0.5) is 0 Å². The molecule has 2 aliphatic rings. The second-order valence-corrected chi connectivity index (χ2v) is 4.54. The molecular weight excluding hydrogens is 176 g/mol. The van der Waals surface area contributed by atoms with Crippen LogP contribution in [0.5, 0.6) is 0 Å². The van der Waals surface area contributed by atoms with Crippen LogP contribution in [-0.4, -0.2) is 25.0 Å². The zero-order valence-electron chi connectivity index (χ0n) is 8.72. The summed E-state index contributed by atoms with van der Waals surface area (Å²) >= 11 is 0. The average molecular weight is 196 g/mol. The molecule has 80 valence electrons. The van der Waals surface area contributed by atoms with E-state index in [1.807, 2.05) is 0 Å². The first-order valence-electron chi connectivity index (χ1n) is 5.87. The van der Waals surface area contributed by atoms with E-state index in [4.69, 9.17) is 0 Å². The van der Waals surface area contributed by atoms with Crippen molar-refractivity contribution < 1.29 is 4.79 Å². The molecule has 0 aromatic carbocycles. The van der Waals surface area contributed by atoms with Crippen LogP contribution in [0.2, 0.25) is 0 Å². The molecule has 0 aromatic rings. The van der Waals surface area contributed by atoms with Crippen molar-refractivity contribution >= 4 is 5.91 Å². The predicted molar refractivity (Wildman–Crippen MR) is 56.0 cm³/mol. The first kappa shape index (κ1) is 9.97. The molecule has 0 spiro atoms. The van der Waals surface area contributed by atoms with Gasteiger partial charge in [0.05, 0.1) is 6.04 Å². The van der Waals surface area contributed by atoms with Crippen LogP contribution in [0, 0.1) is 5.92 Å². The summed E-state index contributed by atoms with van der Waals surface area (Å²) in [7, 11) is 0. The van der Waals surface area contributed by atoms with Gasteiger partial charge >= 0.3 is 0 Å². The first-order chi connectivity index (χ1) is 6.86. The predicted octanol–water partition coefficient (Wildman–Crippen LogP) is 1.04. The van der Waals surface area contributed by atoms with Crippen LogP contribution in [-0.2, 0) is 4.79 Å². The van der Waals surface area contributed by atoms with E-state index < -0.39 is 0 Å². The summed E-state index contributed by atoms with van der Waals surface area (Å²) in [5.41, 5.74) is 0. The van der Waals surface area contributed by atoms with Gasteiger partial charge in [0, 0.05) is 6.54 Å². The van der Waals surface area contributed by atoms with Crippen molar-refractivity contribution in [2.45, 2.75) is 44.6 Å². The third-order valence-electron chi connectivity index (χ3n) is 3.14. The normalized spacial score (nSPS) is 28.1. The van der Waals surface area contributed by atoms with Crippen molar-refractivity contribution in [3.05, 3.63) is 0 Å². The van der Waals surface area contributed by atoms with E-state index in [0.717, 1.165) is 25.4 Å². The molecule has 0 bridgehead atoms. The maximum Gasteiger partial charge on any atom is 0.237 e. The lowest BCUT2D eigenvalue weighted by Gasteiger charge is -2.15. The maximum absolute atomic E-state index is 11.7. The molecule has 1 aliphatic heterocycles. The van der Waals surface area contributed by atoms with Crippen molar-refractivity contribution in [3.8, 4) is 0 Å². The van der Waals surface area contributed by atoms with Crippen LogP contribution in [0.3, 0.4) is 0 Å². The minimum absolute atomic E-state index is 0.0799. The lowest BCUT2D eigenvalue weighted by Crippen LogP contribution is -2.44. The molecule has 3 heteroatoms. The summed E-state index contributed by atoms with van der Waals surface area (Å²) in [6, 6.07) is 0.0799. The fourth-order valence-electron chi connectivity index (χ4n) is 1.94. The molecule has 1 unspecified atom stereocenters. The number of rotatable bonds is 3. The summed E-state index contributed by atoms with van der Waals surface area (Å²) in [6.45, 7) is 1.90. The highest BCUT2D eigenvalue weighted by Gasteiger charge is 2.24. The number of hydrogen-bond donors (Lipinski definition) is 2.